The van der Waals surface area contributed by atoms with Crippen LogP contribution in [0.15, 0.2) is 82.0 Å². The molecule has 6 heteroatoms. The number of anilines is 1. The third-order valence-electron chi connectivity index (χ3n) is 4.20. The number of hydrogen-bond acceptors (Lipinski definition) is 3. The number of benzene rings is 3. The monoisotopic (exact) mass is 378 g/mol. The van der Waals surface area contributed by atoms with Crippen LogP contribution >= 0.6 is 11.6 Å². The van der Waals surface area contributed by atoms with Crippen LogP contribution in [0.4, 0.5) is 5.69 Å². The molecule has 1 N–H and O–H groups in total. The second-order valence-electron chi connectivity index (χ2n) is 6.09. The summed E-state index contributed by atoms with van der Waals surface area (Å²) in [5.74, 6) is -0.750. The Morgan fingerprint density at radius 2 is 1.81 bits per heavy atom. The average molecular weight is 379 g/mol. The number of oxazole rings is 1. The highest BCUT2D eigenvalue weighted by Crippen LogP contribution is 2.19. The summed E-state index contributed by atoms with van der Waals surface area (Å²) in [7, 11) is 0. The largest absolute Gasteiger partial charge is 0.420 e. The lowest BCUT2D eigenvalue weighted by Gasteiger charge is -2.07. The number of halogens is 1. The van der Waals surface area contributed by atoms with E-state index in [-0.39, 0.29) is 5.91 Å². The molecule has 0 saturated carbocycles. The van der Waals surface area contributed by atoms with Gasteiger partial charge in [-0.05, 0) is 42.0 Å². The molecule has 5 nitrogen and oxygen atoms in total. The maximum Gasteiger partial charge on any atom is 0.420 e. The zero-order valence-electron chi connectivity index (χ0n) is 14.2. The quantitative estimate of drug-likeness (QED) is 0.566. The van der Waals surface area contributed by atoms with E-state index < -0.39 is 5.76 Å². The van der Waals surface area contributed by atoms with Crippen molar-refractivity contribution < 1.29 is 9.21 Å². The summed E-state index contributed by atoms with van der Waals surface area (Å²) in [6.07, 6.45) is 0. The first-order valence-corrected chi connectivity index (χ1v) is 8.72. The van der Waals surface area contributed by atoms with Gasteiger partial charge in [-0.1, -0.05) is 48.0 Å². The third-order valence-corrected chi connectivity index (χ3v) is 4.43. The Morgan fingerprint density at radius 1 is 1.00 bits per heavy atom. The number of carbonyl (C=O) groups is 1. The molecule has 0 spiro atoms. The Labute approximate surface area is 159 Å². The smallest absolute Gasteiger partial charge is 0.408 e. The zero-order chi connectivity index (χ0) is 18.8. The van der Waals surface area contributed by atoms with Crippen molar-refractivity contribution in [3.05, 3.63) is 99.5 Å². The molecule has 0 fully saturated rings. The molecule has 0 saturated heterocycles. The van der Waals surface area contributed by atoms with Crippen LogP contribution in [0.2, 0.25) is 5.02 Å². The fourth-order valence-corrected chi connectivity index (χ4v) is 3.08. The van der Waals surface area contributed by atoms with Crippen molar-refractivity contribution in [2.24, 2.45) is 0 Å². The first-order chi connectivity index (χ1) is 13.1. The van der Waals surface area contributed by atoms with E-state index in [0.29, 0.717) is 33.9 Å². The average Bonchev–Trinajstić information content (AvgIpc) is 2.97. The number of rotatable bonds is 4. The second-order valence-corrected chi connectivity index (χ2v) is 6.52. The molecule has 1 heterocycles. The Bertz CT molecular complexity index is 1180. The Morgan fingerprint density at radius 3 is 2.59 bits per heavy atom. The standard InChI is InChI=1S/C21H15ClN2O3/c22-16-7-4-8-17(12-16)23-20(25)15-9-10-19-18(11-15)24(21(26)27-19)13-14-5-2-1-3-6-14/h1-12H,13H2,(H,23,25). The molecule has 3 aromatic carbocycles. The molecule has 1 aromatic heterocycles. The molecule has 0 bridgehead atoms. The van der Waals surface area contributed by atoms with Crippen molar-refractivity contribution in [3.8, 4) is 0 Å². The number of hydrogen-bond donors (Lipinski definition) is 1. The summed E-state index contributed by atoms with van der Waals surface area (Å²) in [6, 6.07) is 21.4. The second kappa shape index (κ2) is 7.13. The predicted octanol–water partition coefficient (Wildman–Crippen LogP) is 4.55. The van der Waals surface area contributed by atoms with Gasteiger partial charge in [0.2, 0.25) is 0 Å². The third kappa shape index (κ3) is 3.64. The number of carbonyl (C=O) groups excluding carboxylic acids is 1. The summed E-state index contributed by atoms with van der Waals surface area (Å²) in [6.45, 7) is 0.367. The molecule has 134 valence electrons. The summed E-state index contributed by atoms with van der Waals surface area (Å²) in [4.78, 5) is 24.8. The van der Waals surface area contributed by atoms with Gasteiger partial charge in [0.25, 0.3) is 5.91 Å². The molecule has 0 aliphatic rings. The Kier molecular flexibility index (Phi) is 4.52. The van der Waals surface area contributed by atoms with Crippen molar-refractivity contribution in [2.75, 3.05) is 5.32 Å². The highest BCUT2D eigenvalue weighted by atomic mass is 35.5. The van der Waals surface area contributed by atoms with E-state index in [4.69, 9.17) is 16.0 Å². The molecule has 0 aliphatic heterocycles. The van der Waals surface area contributed by atoms with E-state index in [0.717, 1.165) is 5.56 Å². The maximum absolute atomic E-state index is 12.6. The zero-order valence-corrected chi connectivity index (χ0v) is 14.9. The molecule has 1 amide bonds. The predicted molar refractivity (Wildman–Crippen MR) is 105 cm³/mol. The molecule has 0 atom stereocenters. The summed E-state index contributed by atoms with van der Waals surface area (Å²) in [5, 5.41) is 3.34. The van der Waals surface area contributed by atoms with Gasteiger partial charge in [-0.15, -0.1) is 0 Å². The maximum atomic E-state index is 12.6. The Balaban J connectivity index is 1.68. The lowest BCUT2D eigenvalue weighted by Crippen LogP contribution is -2.15. The van der Waals surface area contributed by atoms with Crippen LogP contribution in [0.5, 0.6) is 0 Å². The van der Waals surface area contributed by atoms with Crippen molar-refractivity contribution in [1.29, 1.82) is 0 Å². The van der Waals surface area contributed by atoms with Gasteiger partial charge in [-0.3, -0.25) is 9.36 Å². The van der Waals surface area contributed by atoms with Crippen molar-refractivity contribution in [3.63, 3.8) is 0 Å². The van der Waals surface area contributed by atoms with E-state index >= 15 is 0 Å². The van der Waals surface area contributed by atoms with Crippen LogP contribution in [0.3, 0.4) is 0 Å². The Hall–Kier alpha value is -3.31. The summed E-state index contributed by atoms with van der Waals surface area (Å²) in [5.41, 5.74) is 3.00. The minimum absolute atomic E-state index is 0.293. The van der Waals surface area contributed by atoms with Gasteiger partial charge >= 0.3 is 5.76 Å². The van der Waals surface area contributed by atoms with Crippen molar-refractivity contribution in [2.45, 2.75) is 6.54 Å². The van der Waals surface area contributed by atoms with Crippen LogP contribution < -0.4 is 11.1 Å². The number of amides is 1. The van der Waals surface area contributed by atoms with Gasteiger partial charge in [0.15, 0.2) is 5.58 Å². The molecule has 0 unspecified atom stereocenters. The topological polar surface area (TPSA) is 64.2 Å². The fraction of sp³-hybridized carbons (Fsp3) is 0.0476. The number of fused-ring (bicyclic) bond motifs is 1. The van der Waals surface area contributed by atoms with Crippen LogP contribution in [0, 0.1) is 0 Å². The lowest BCUT2D eigenvalue weighted by molar-refractivity contribution is 0.102. The van der Waals surface area contributed by atoms with Crippen LogP contribution in [0.1, 0.15) is 15.9 Å². The van der Waals surface area contributed by atoms with Crippen LogP contribution in [0.25, 0.3) is 11.1 Å². The van der Waals surface area contributed by atoms with Gasteiger partial charge in [-0.25, -0.2) is 4.79 Å². The molecule has 0 radical (unpaired) electrons. The van der Waals surface area contributed by atoms with Crippen molar-refractivity contribution in [1.82, 2.24) is 4.57 Å². The van der Waals surface area contributed by atoms with Crippen LogP contribution in [-0.4, -0.2) is 10.5 Å². The highest BCUT2D eigenvalue weighted by molar-refractivity contribution is 6.31. The molecular weight excluding hydrogens is 364 g/mol. The summed E-state index contributed by atoms with van der Waals surface area (Å²) < 4.78 is 6.81. The van der Waals surface area contributed by atoms with Crippen LogP contribution in [-0.2, 0) is 6.54 Å². The molecule has 4 aromatic rings. The van der Waals surface area contributed by atoms with E-state index in [1.54, 1.807) is 42.5 Å². The highest BCUT2D eigenvalue weighted by Gasteiger charge is 2.14. The lowest BCUT2D eigenvalue weighted by atomic mass is 10.1. The SMILES string of the molecule is O=C(Nc1cccc(Cl)c1)c1ccc2oc(=O)n(Cc3ccccc3)c2c1. The van der Waals surface area contributed by atoms with E-state index in [1.165, 1.54) is 4.57 Å². The fourth-order valence-electron chi connectivity index (χ4n) is 2.89. The minimum atomic E-state index is -0.457. The first-order valence-electron chi connectivity index (χ1n) is 8.34. The number of nitrogens with zero attached hydrogens (tertiary/aromatic N) is 1. The number of aromatic nitrogens is 1. The molecule has 0 aliphatic carbocycles. The molecular formula is C21H15ClN2O3. The van der Waals surface area contributed by atoms with Gasteiger partial charge in [0, 0.05) is 16.3 Å². The van der Waals surface area contributed by atoms with Gasteiger partial charge in [0.1, 0.15) is 0 Å². The normalized spacial score (nSPS) is 10.9. The van der Waals surface area contributed by atoms with E-state index in [9.17, 15) is 9.59 Å². The van der Waals surface area contributed by atoms with Gasteiger partial charge in [-0.2, -0.15) is 0 Å². The number of nitrogens with one attached hydrogen (secondary N) is 1. The van der Waals surface area contributed by atoms with Gasteiger partial charge in [0.05, 0.1) is 12.1 Å². The van der Waals surface area contributed by atoms with Gasteiger partial charge < -0.3 is 9.73 Å². The first kappa shape index (κ1) is 17.1. The summed E-state index contributed by atoms with van der Waals surface area (Å²) >= 11 is 5.95. The van der Waals surface area contributed by atoms with E-state index in [2.05, 4.69) is 5.32 Å². The molecule has 4 rings (SSSR count). The van der Waals surface area contributed by atoms with Crippen molar-refractivity contribution >= 4 is 34.3 Å². The minimum Gasteiger partial charge on any atom is -0.408 e. The molecule has 27 heavy (non-hydrogen) atoms. The van der Waals surface area contributed by atoms with E-state index in [1.807, 2.05) is 30.3 Å².